The van der Waals surface area contributed by atoms with Gasteiger partial charge in [0.25, 0.3) is 0 Å². The van der Waals surface area contributed by atoms with E-state index in [1.54, 1.807) is 7.11 Å². The van der Waals surface area contributed by atoms with E-state index in [9.17, 15) is 0 Å². The maximum absolute atomic E-state index is 6.49. The van der Waals surface area contributed by atoms with E-state index in [1.807, 2.05) is 24.3 Å². The molecule has 0 radical (unpaired) electrons. The lowest BCUT2D eigenvalue weighted by atomic mass is 9.86. The van der Waals surface area contributed by atoms with Crippen molar-refractivity contribution in [2.75, 3.05) is 7.11 Å². The molecule has 0 aliphatic carbocycles. The van der Waals surface area contributed by atoms with Crippen LogP contribution in [0.3, 0.4) is 0 Å². The number of hydrogen-bond acceptors (Lipinski definition) is 2. The molecule has 20 heavy (non-hydrogen) atoms. The smallest absolute Gasteiger partial charge is 0.118 e. The lowest BCUT2D eigenvalue weighted by Crippen LogP contribution is -2.35. The Morgan fingerprint density at radius 3 is 2.00 bits per heavy atom. The number of aryl methyl sites for hydroxylation is 1. The second-order valence-electron chi connectivity index (χ2n) is 5.49. The molecule has 106 valence electrons. The number of hydrogen-bond donors (Lipinski definition) is 1. The first-order valence-corrected chi connectivity index (χ1v) is 7.06. The predicted molar refractivity (Wildman–Crippen MR) is 84.1 cm³/mol. The molecule has 0 heterocycles. The number of ether oxygens (including phenoxy) is 1. The van der Waals surface area contributed by atoms with Crippen LogP contribution < -0.4 is 10.5 Å². The number of rotatable bonds is 5. The average Bonchev–Trinajstić information content (AvgIpc) is 2.48. The third kappa shape index (κ3) is 3.40. The fraction of sp³-hybridized carbons (Fsp3) is 0.333. The zero-order valence-corrected chi connectivity index (χ0v) is 12.5. The average molecular weight is 269 g/mol. The molecule has 1 atom stereocenters. The van der Waals surface area contributed by atoms with Crippen molar-refractivity contribution >= 4 is 0 Å². The van der Waals surface area contributed by atoms with E-state index >= 15 is 0 Å². The van der Waals surface area contributed by atoms with Crippen molar-refractivity contribution in [2.24, 2.45) is 5.73 Å². The summed E-state index contributed by atoms with van der Waals surface area (Å²) in [5, 5.41) is 0. The van der Waals surface area contributed by atoms with Gasteiger partial charge in [0.15, 0.2) is 0 Å². The molecular weight excluding hydrogens is 246 g/mol. The van der Waals surface area contributed by atoms with Gasteiger partial charge >= 0.3 is 0 Å². The molecule has 2 N–H and O–H groups in total. The summed E-state index contributed by atoms with van der Waals surface area (Å²) >= 11 is 0. The summed E-state index contributed by atoms with van der Waals surface area (Å²) in [6.07, 6.45) is 1.89. The first-order valence-electron chi connectivity index (χ1n) is 7.06. The second-order valence-corrected chi connectivity index (χ2v) is 5.49. The third-order valence-electron chi connectivity index (χ3n) is 3.75. The van der Waals surface area contributed by atoms with Crippen molar-refractivity contribution in [3.63, 3.8) is 0 Å². The van der Waals surface area contributed by atoms with Gasteiger partial charge in [0.1, 0.15) is 5.75 Å². The fourth-order valence-electron chi connectivity index (χ4n) is 2.39. The Morgan fingerprint density at radius 1 is 0.950 bits per heavy atom. The maximum Gasteiger partial charge on any atom is 0.118 e. The van der Waals surface area contributed by atoms with E-state index in [1.165, 1.54) is 11.1 Å². The summed E-state index contributed by atoms with van der Waals surface area (Å²) in [7, 11) is 1.67. The third-order valence-corrected chi connectivity index (χ3v) is 3.75. The zero-order valence-electron chi connectivity index (χ0n) is 12.5. The van der Waals surface area contributed by atoms with E-state index in [2.05, 4.69) is 38.1 Å². The van der Waals surface area contributed by atoms with Crippen LogP contribution in [0.2, 0.25) is 0 Å². The molecule has 1 unspecified atom stereocenters. The van der Waals surface area contributed by atoms with Crippen molar-refractivity contribution in [1.82, 2.24) is 0 Å². The molecule has 0 saturated heterocycles. The monoisotopic (exact) mass is 269 g/mol. The van der Waals surface area contributed by atoms with Crippen molar-refractivity contribution in [3.05, 3.63) is 65.2 Å². The van der Waals surface area contributed by atoms with Crippen LogP contribution in [0.25, 0.3) is 0 Å². The molecule has 2 nitrogen and oxygen atoms in total. The van der Waals surface area contributed by atoms with Crippen molar-refractivity contribution in [2.45, 2.75) is 32.2 Å². The van der Waals surface area contributed by atoms with E-state index in [0.29, 0.717) is 0 Å². The van der Waals surface area contributed by atoms with Gasteiger partial charge in [0.2, 0.25) is 0 Å². The summed E-state index contributed by atoms with van der Waals surface area (Å²) in [6, 6.07) is 16.7. The van der Waals surface area contributed by atoms with Gasteiger partial charge in [-0.2, -0.15) is 0 Å². The van der Waals surface area contributed by atoms with Gasteiger partial charge in [-0.25, -0.2) is 0 Å². The minimum atomic E-state index is -0.375. The molecule has 2 rings (SSSR count). The van der Waals surface area contributed by atoms with Crippen molar-refractivity contribution in [1.29, 1.82) is 0 Å². The van der Waals surface area contributed by atoms with Crippen LogP contribution in [0.15, 0.2) is 48.5 Å². The highest BCUT2D eigenvalue weighted by molar-refractivity contribution is 5.33. The van der Waals surface area contributed by atoms with Crippen LogP contribution in [0.5, 0.6) is 5.75 Å². The lowest BCUT2D eigenvalue weighted by molar-refractivity contribution is 0.413. The molecule has 2 aromatic rings. The summed E-state index contributed by atoms with van der Waals surface area (Å²) in [6.45, 7) is 4.24. The summed E-state index contributed by atoms with van der Waals surface area (Å²) < 4.78 is 5.18. The first-order chi connectivity index (χ1) is 9.55. The van der Waals surface area contributed by atoms with E-state index in [0.717, 1.165) is 24.2 Å². The van der Waals surface area contributed by atoms with E-state index in [-0.39, 0.29) is 5.54 Å². The largest absolute Gasteiger partial charge is 0.497 e. The van der Waals surface area contributed by atoms with Gasteiger partial charge in [0.05, 0.1) is 7.11 Å². The first kappa shape index (κ1) is 14.6. The van der Waals surface area contributed by atoms with Crippen LogP contribution >= 0.6 is 0 Å². The van der Waals surface area contributed by atoms with Gasteiger partial charge in [-0.3, -0.25) is 0 Å². The SMILES string of the molecule is CCc1ccc(CC(C)(N)c2ccc(OC)cc2)cc1. The summed E-state index contributed by atoms with van der Waals surface area (Å²) in [5.41, 5.74) is 9.86. The molecule has 0 fully saturated rings. The fourth-order valence-corrected chi connectivity index (χ4v) is 2.39. The minimum Gasteiger partial charge on any atom is -0.497 e. The molecule has 0 spiro atoms. The van der Waals surface area contributed by atoms with Crippen LogP contribution in [0, 0.1) is 0 Å². The Balaban J connectivity index is 2.15. The molecule has 0 aliphatic rings. The Labute approximate surface area is 121 Å². The highest BCUT2D eigenvalue weighted by atomic mass is 16.5. The van der Waals surface area contributed by atoms with Crippen LogP contribution in [-0.2, 0) is 18.4 Å². The molecule has 0 bridgehead atoms. The summed E-state index contributed by atoms with van der Waals surface area (Å²) in [5.74, 6) is 0.858. The van der Waals surface area contributed by atoms with Crippen molar-refractivity contribution < 1.29 is 4.74 Å². The quantitative estimate of drug-likeness (QED) is 0.898. The Kier molecular flexibility index (Phi) is 4.46. The van der Waals surface area contributed by atoms with Gasteiger partial charge in [-0.15, -0.1) is 0 Å². The molecule has 0 aliphatic heterocycles. The molecule has 0 saturated carbocycles. The predicted octanol–water partition coefficient (Wildman–Crippen LogP) is 3.67. The zero-order chi connectivity index (χ0) is 14.6. The van der Waals surface area contributed by atoms with Crippen molar-refractivity contribution in [3.8, 4) is 5.75 Å². The van der Waals surface area contributed by atoms with Gasteiger partial charge < -0.3 is 10.5 Å². The van der Waals surface area contributed by atoms with Gasteiger partial charge in [-0.05, 0) is 48.6 Å². The van der Waals surface area contributed by atoms with E-state index < -0.39 is 0 Å². The minimum absolute atomic E-state index is 0.375. The number of benzene rings is 2. The molecule has 0 amide bonds. The maximum atomic E-state index is 6.49. The molecule has 2 aromatic carbocycles. The molecule has 0 aromatic heterocycles. The lowest BCUT2D eigenvalue weighted by Gasteiger charge is -2.25. The van der Waals surface area contributed by atoms with Gasteiger partial charge in [-0.1, -0.05) is 43.3 Å². The van der Waals surface area contributed by atoms with Crippen LogP contribution in [-0.4, -0.2) is 7.11 Å². The second kappa shape index (κ2) is 6.10. The highest BCUT2D eigenvalue weighted by Crippen LogP contribution is 2.25. The highest BCUT2D eigenvalue weighted by Gasteiger charge is 2.21. The Hall–Kier alpha value is -1.80. The van der Waals surface area contributed by atoms with Crippen LogP contribution in [0.4, 0.5) is 0 Å². The Morgan fingerprint density at radius 2 is 1.50 bits per heavy atom. The van der Waals surface area contributed by atoms with Crippen LogP contribution in [0.1, 0.15) is 30.5 Å². The number of nitrogens with two attached hydrogens (primary N) is 1. The molecule has 2 heteroatoms. The topological polar surface area (TPSA) is 35.2 Å². The summed E-state index contributed by atoms with van der Waals surface area (Å²) in [4.78, 5) is 0. The number of methoxy groups -OCH3 is 1. The standard InChI is InChI=1S/C18H23NO/c1-4-14-5-7-15(8-6-14)13-18(2,19)16-9-11-17(20-3)12-10-16/h5-12H,4,13,19H2,1-3H3. The Bertz CT molecular complexity index is 541. The molecular formula is C18H23NO. The normalized spacial score (nSPS) is 13.8. The van der Waals surface area contributed by atoms with E-state index in [4.69, 9.17) is 10.5 Å². The van der Waals surface area contributed by atoms with Gasteiger partial charge in [0, 0.05) is 5.54 Å².